The average Bonchev–Trinajstić information content (AvgIpc) is 2.59. The molecule has 3 heteroatoms. The zero-order chi connectivity index (χ0) is 15.2. The van der Waals surface area contributed by atoms with E-state index in [1.165, 1.54) is 16.7 Å². The summed E-state index contributed by atoms with van der Waals surface area (Å²) >= 11 is 5.55. The van der Waals surface area contributed by atoms with Gasteiger partial charge in [0.05, 0.1) is 0 Å². The third kappa shape index (κ3) is 3.86. The first-order chi connectivity index (χ1) is 10.8. The van der Waals surface area contributed by atoms with Crippen molar-refractivity contribution in [3.8, 4) is 0 Å². The predicted molar refractivity (Wildman–Crippen MR) is 95.9 cm³/mol. The van der Waals surface area contributed by atoms with Crippen LogP contribution in [0.5, 0.6) is 0 Å². The van der Waals surface area contributed by atoms with Crippen molar-refractivity contribution in [3.05, 3.63) is 71.3 Å². The van der Waals surface area contributed by atoms with E-state index in [2.05, 4.69) is 64.8 Å². The quantitative estimate of drug-likeness (QED) is 0.687. The Morgan fingerprint density at radius 2 is 1.73 bits per heavy atom. The molecular weight excluding hydrogens is 288 g/mol. The van der Waals surface area contributed by atoms with Crippen LogP contribution in [-0.4, -0.2) is 23.1 Å². The van der Waals surface area contributed by atoms with Gasteiger partial charge in [0.1, 0.15) is 0 Å². The molecule has 2 aromatic rings. The molecule has 2 aromatic carbocycles. The summed E-state index contributed by atoms with van der Waals surface area (Å²) in [5.74, 6) is 0. The van der Waals surface area contributed by atoms with Crippen molar-refractivity contribution in [1.29, 1.82) is 0 Å². The molecule has 0 atom stereocenters. The van der Waals surface area contributed by atoms with Gasteiger partial charge < -0.3 is 10.2 Å². The van der Waals surface area contributed by atoms with Gasteiger partial charge >= 0.3 is 0 Å². The van der Waals surface area contributed by atoms with Crippen LogP contribution < -0.4 is 5.32 Å². The van der Waals surface area contributed by atoms with Crippen molar-refractivity contribution in [2.45, 2.75) is 25.8 Å². The summed E-state index contributed by atoms with van der Waals surface area (Å²) in [6, 6.07) is 19.3. The Labute approximate surface area is 138 Å². The zero-order valence-corrected chi connectivity index (χ0v) is 13.6. The van der Waals surface area contributed by atoms with Crippen molar-refractivity contribution in [2.75, 3.05) is 13.1 Å². The minimum Gasteiger partial charge on any atom is -0.363 e. The van der Waals surface area contributed by atoms with Gasteiger partial charge in [-0.1, -0.05) is 54.6 Å². The molecule has 1 N–H and O–H groups in total. The van der Waals surface area contributed by atoms with Crippen molar-refractivity contribution in [3.63, 3.8) is 0 Å². The second-order valence-electron chi connectivity index (χ2n) is 5.76. The van der Waals surface area contributed by atoms with Crippen LogP contribution in [0.1, 0.15) is 23.1 Å². The van der Waals surface area contributed by atoms with Gasteiger partial charge in [-0.3, -0.25) is 0 Å². The number of aryl methyl sites for hydroxylation is 1. The van der Waals surface area contributed by atoms with Crippen molar-refractivity contribution in [2.24, 2.45) is 0 Å². The first kappa shape index (κ1) is 15.0. The Kier molecular flexibility index (Phi) is 5.07. The van der Waals surface area contributed by atoms with Crippen LogP contribution >= 0.6 is 12.2 Å². The molecule has 0 saturated carbocycles. The lowest BCUT2D eigenvalue weighted by Crippen LogP contribution is -2.42. The van der Waals surface area contributed by atoms with E-state index >= 15 is 0 Å². The van der Waals surface area contributed by atoms with Gasteiger partial charge in [0.15, 0.2) is 5.11 Å². The lowest BCUT2D eigenvalue weighted by atomic mass is 10.0. The van der Waals surface area contributed by atoms with Crippen molar-refractivity contribution in [1.82, 2.24) is 10.2 Å². The first-order valence-electron chi connectivity index (χ1n) is 7.96. The Hall–Kier alpha value is -1.87. The maximum Gasteiger partial charge on any atom is 0.169 e. The van der Waals surface area contributed by atoms with E-state index in [-0.39, 0.29) is 0 Å². The van der Waals surface area contributed by atoms with Gasteiger partial charge in [-0.05, 0) is 48.2 Å². The number of hydrogen-bond donors (Lipinski definition) is 1. The Balaban J connectivity index is 1.43. The molecule has 1 heterocycles. The number of nitrogens with one attached hydrogen (secondary N) is 1. The van der Waals surface area contributed by atoms with E-state index in [4.69, 9.17) is 12.2 Å². The number of hydrogen-bond acceptors (Lipinski definition) is 1. The molecule has 0 bridgehead atoms. The molecule has 0 aromatic heterocycles. The monoisotopic (exact) mass is 310 g/mol. The number of benzene rings is 2. The molecule has 0 unspecified atom stereocenters. The third-order valence-electron chi connectivity index (χ3n) is 4.18. The Bertz CT molecular complexity index is 624. The minimum absolute atomic E-state index is 0.891. The topological polar surface area (TPSA) is 15.3 Å². The molecule has 0 fully saturated rings. The highest BCUT2D eigenvalue weighted by atomic mass is 32.1. The lowest BCUT2D eigenvalue weighted by molar-refractivity contribution is 0.387. The Morgan fingerprint density at radius 1 is 1.00 bits per heavy atom. The molecule has 22 heavy (non-hydrogen) atoms. The molecule has 1 aliphatic heterocycles. The van der Waals surface area contributed by atoms with Gasteiger partial charge in [0, 0.05) is 19.6 Å². The summed E-state index contributed by atoms with van der Waals surface area (Å²) in [4.78, 5) is 2.28. The third-order valence-corrected chi connectivity index (χ3v) is 4.58. The van der Waals surface area contributed by atoms with E-state index in [0.717, 1.165) is 44.0 Å². The molecule has 0 amide bonds. The van der Waals surface area contributed by atoms with Crippen molar-refractivity contribution >= 4 is 17.3 Å². The molecule has 2 nitrogen and oxygen atoms in total. The fourth-order valence-electron chi connectivity index (χ4n) is 2.91. The Morgan fingerprint density at radius 3 is 2.55 bits per heavy atom. The van der Waals surface area contributed by atoms with Crippen LogP contribution in [0.25, 0.3) is 0 Å². The molecule has 1 aliphatic rings. The fraction of sp³-hybridized carbons (Fsp3) is 0.316. The number of nitrogens with zero attached hydrogens (tertiary/aromatic N) is 1. The van der Waals surface area contributed by atoms with E-state index in [9.17, 15) is 0 Å². The van der Waals surface area contributed by atoms with E-state index in [1.807, 2.05) is 0 Å². The van der Waals surface area contributed by atoms with E-state index in [0.29, 0.717) is 0 Å². The molecule has 0 radical (unpaired) electrons. The van der Waals surface area contributed by atoms with Gasteiger partial charge in [-0.15, -0.1) is 0 Å². The van der Waals surface area contributed by atoms with Gasteiger partial charge in [0.2, 0.25) is 0 Å². The summed E-state index contributed by atoms with van der Waals surface area (Å²) in [5.41, 5.74) is 4.26. The number of thiocarbonyl (C=S) groups is 1. The average molecular weight is 310 g/mol. The smallest absolute Gasteiger partial charge is 0.169 e. The van der Waals surface area contributed by atoms with Crippen molar-refractivity contribution < 1.29 is 0 Å². The molecule has 114 valence electrons. The van der Waals surface area contributed by atoms with E-state index in [1.54, 1.807) is 0 Å². The highest BCUT2D eigenvalue weighted by molar-refractivity contribution is 7.80. The predicted octanol–water partition coefficient (Wildman–Crippen LogP) is 3.55. The summed E-state index contributed by atoms with van der Waals surface area (Å²) in [5, 5.41) is 4.30. The largest absolute Gasteiger partial charge is 0.363 e. The molecular formula is C19H22N2S. The van der Waals surface area contributed by atoms with Gasteiger partial charge in [-0.2, -0.15) is 0 Å². The zero-order valence-electron chi connectivity index (χ0n) is 12.8. The van der Waals surface area contributed by atoms with E-state index < -0.39 is 0 Å². The van der Waals surface area contributed by atoms with Crippen LogP contribution in [0.15, 0.2) is 54.6 Å². The van der Waals surface area contributed by atoms with Crippen LogP contribution in [0, 0.1) is 0 Å². The number of rotatable bonds is 4. The molecule has 3 rings (SSSR count). The number of fused-ring (bicyclic) bond motifs is 1. The fourth-order valence-corrected chi connectivity index (χ4v) is 3.17. The molecule has 0 aliphatic carbocycles. The lowest BCUT2D eigenvalue weighted by Gasteiger charge is -2.31. The summed E-state index contributed by atoms with van der Waals surface area (Å²) in [6.07, 6.45) is 3.29. The summed E-state index contributed by atoms with van der Waals surface area (Å²) in [6.45, 7) is 2.88. The maximum atomic E-state index is 5.55. The van der Waals surface area contributed by atoms with Crippen LogP contribution in [-0.2, 0) is 19.4 Å². The van der Waals surface area contributed by atoms with Crippen LogP contribution in [0.2, 0.25) is 0 Å². The second-order valence-corrected chi connectivity index (χ2v) is 6.15. The molecule has 0 spiro atoms. The maximum absolute atomic E-state index is 5.55. The van der Waals surface area contributed by atoms with Gasteiger partial charge in [-0.25, -0.2) is 0 Å². The summed E-state index contributed by atoms with van der Waals surface area (Å²) < 4.78 is 0. The van der Waals surface area contributed by atoms with Gasteiger partial charge in [0.25, 0.3) is 0 Å². The minimum atomic E-state index is 0.891. The standard InChI is InChI=1S/C19H22N2S/c22-19(20-13-6-9-16-7-2-1-3-8-16)21-14-12-17-10-4-5-11-18(17)15-21/h1-5,7-8,10-11H,6,9,12-15H2,(H,20,22). The molecule has 0 saturated heterocycles. The highest BCUT2D eigenvalue weighted by Crippen LogP contribution is 2.18. The SMILES string of the molecule is S=C(NCCCc1ccccc1)N1CCc2ccccc2C1. The van der Waals surface area contributed by atoms with Crippen LogP contribution in [0.4, 0.5) is 0 Å². The van der Waals surface area contributed by atoms with Crippen LogP contribution in [0.3, 0.4) is 0 Å². The normalized spacial score (nSPS) is 13.5. The summed E-state index contributed by atoms with van der Waals surface area (Å²) in [7, 11) is 0. The second kappa shape index (κ2) is 7.41. The highest BCUT2D eigenvalue weighted by Gasteiger charge is 2.17. The first-order valence-corrected chi connectivity index (χ1v) is 8.37.